The summed E-state index contributed by atoms with van der Waals surface area (Å²) in [6.07, 6.45) is 6.05. The number of hydrogen-bond donors (Lipinski definition) is 1. The van der Waals surface area contributed by atoms with Crippen LogP contribution in [0.15, 0.2) is 47.4 Å². The second-order valence-corrected chi connectivity index (χ2v) is 12.6. The van der Waals surface area contributed by atoms with E-state index in [-0.39, 0.29) is 30.7 Å². The van der Waals surface area contributed by atoms with Gasteiger partial charge in [-0.05, 0) is 49.4 Å². The minimum absolute atomic E-state index is 0.0334. The van der Waals surface area contributed by atoms with E-state index in [4.69, 9.17) is 9.47 Å². The number of fused-ring (bicyclic) bond motifs is 1. The van der Waals surface area contributed by atoms with Crippen LogP contribution in [0.1, 0.15) is 50.5 Å². The van der Waals surface area contributed by atoms with E-state index in [9.17, 15) is 19.5 Å². The predicted molar refractivity (Wildman–Crippen MR) is 161 cm³/mol. The number of nitrogens with zero attached hydrogens (tertiary/aromatic N) is 4. The van der Waals surface area contributed by atoms with Crippen molar-refractivity contribution in [3.8, 4) is 11.5 Å². The Labute approximate surface area is 249 Å². The molecule has 42 heavy (non-hydrogen) atoms. The first kappa shape index (κ1) is 31.6. The van der Waals surface area contributed by atoms with Gasteiger partial charge in [-0.15, -0.1) is 0 Å². The highest BCUT2D eigenvalue weighted by Gasteiger charge is 2.47. The van der Waals surface area contributed by atoms with Gasteiger partial charge < -0.3 is 28.5 Å². The van der Waals surface area contributed by atoms with Crippen LogP contribution in [-0.4, -0.2) is 103 Å². The number of carboxylic acid groups (broad SMARTS) is 1. The zero-order valence-corrected chi connectivity index (χ0v) is 25.5. The summed E-state index contributed by atoms with van der Waals surface area (Å²) in [5, 5.41) is 10.5. The van der Waals surface area contributed by atoms with Gasteiger partial charge in [0.2, 0.25) is 18.3 Å². The minimum Gasteiger partial charge on any atom is -0.481 e. The molecule has 1 amide bonds. The first-order valence-electron chi connectivity index (χ1n) is 15.2. The lowest BCUT2D eigenvalue weighted by molar-refractivity contribution is -0.870. The molecule has 1 aromatic carbocycles. The molecule has 3 heterocycles. The van der Waals surface area contributed by atoms with Crippen molar-refractivity contribution in [2.45, 2.75) is 57.5 Å². The fourth-order valence-electron chi connectivity index (χ4n) is 6.12. The molecule has 0 spiro atoms. The van der Waals surface area contributed by atoms with Crippen molar-refractivity contribution in [1.82, 2.24) is 14.4 Å². The third-order valence-corrected chi connectivity index (χ3v) is 8.40. The molecule has 0 bridgehead atoms. The molecule has 0 radical (unpaired) electrons. The summed E-state index contributed by atoms with van der Waals surface area (Å²) in [6.45, 7) is 5.66. The summed E-state index contributed by atoms with van der Waals surface area (Å²) >= 11 is 0. The Morgan fingerprint density at radius 3 is 2.52 bits per heavy atom. The lowest BCUT2D eigenvalue weighted by Gasteiger charge is -2.30. The first-order valence-corrected chi connectivity index (χ1v) is 15.2. The predicted octanol–water partition coefficient (Wildman–Crippen LogP) is 3.25. The molecule has 0 saturated carbocycles. The number of quaternary nitrogens is 1. The number of aromatic nitrogens is 1. The van der Waals surface area contributed by atoms with Crippen LogP contribution in [0, 0.1) is 5.92 Å². The molecule has 2 aliphatic heterocycles. The molecule has 1 fully saturated rings. The number of benzene rings is 1. The number of aliphatic carboxylic acids is 1. The number of aryl methyl sites for hydroxylation is 1. The molecule has 2 aliphatic rings. The highest BCUT2D eigenvalue weighted by Crippen LogP contribution is 2.42. The van der Waals surface area contributed by atoms with E-state index >= 15 is 0 Å². The van der Waals surface area contributed by atoms with Crippen molar-refractivity contribution in [3.63, 3.8) is 0 Å². The smallest absolute Gasteiger partial charge is 0.308 e. The van der Waals surface area contributed by atoms with Gasteiger partial charge >= 0.3 is 5.97 Å². The molecular weight excluding hydrogens is 536 g/mol. The topological polar surface area (TPSA) is 101 Å². The Hall–Kier alpha value is -3.37. The number of hydrogen-bond acceptors (Lipinski definition) is 6. The fourth-order valence-corrected chi connectivity index (χ4v) is 6.12. The highest BCUT2D eigenvalue weighted by atomic mass is 16.7. The van der Waals surface area contributed by atoms with E-state index < -0.39 is 17.9 Å². The largest absolute Gasteiger partial charge is 0.481 e. The minimum atomic E-state index is -0.902. The molecule has 1 saturated heterocycles. The van der Waals surface area contributed by atoms with Crippen LogP contribution in [0.5, 0.6) is 11.5 Å². The number of pyridine rings is 1. The van der Waals surface area contributed by atoms with Gasteiger partial charge in [-0.25, -0.2) is 0 Å². The Bertz CT molecular complexity index is 1270. The highest BCUT2D eigenvalue weighted by molar-refractivity contribution is 5.79. The molecule has 2 aromatic rings. The average molecular weight is 584 g/mol. The SMILES string of the molecule is CCCCN(CCCC[N+](C)(C)C)C(=O)CN1C[C@H](c2ccc3c(c2)OCO3)[C@@H](C(=O)O)[C@@H]1CCn1ccccc1=O. The number of unbranched alkanes of at least 4 members (excludes halogenated alkanes) is 2. The van der Waals surface area contributed by atoms with Gasteiger partial charge in [-0.3, -0.25) is 19.3 Å². The van der Waals surface area contributed by atoms with Crippen molar-refractivity contribution < 1.29 is 28.7 Å². The molecule has 10 nitrogen and oxygen atoms in total. The van der Waals surface area contributed by atoms with Crippen molar-refractivity contribution in [2.75, 3.05) is 60.7 Å². The molecule has 0 unspecified atom stereocenters. The van der Waals surface area contributed by atoms with Crippen LogP contribution < -0.4 is 15.0 Å². The summed E-state index contributed by atoms with van der Waals surface area (Å²) in [5.74, 6) is -0.694. The third-order valence-electron chi connectivity index (χ3n) is 8.40. The maximum atomic E-state index is 13.8. The van der Waals surface area contributed by atoms with Crippen LogP contribution in [0.2, 0.25) is 0 Å². The van der Waals surface area contributed by atoms with Crippen LogP contribution >= 0.6 is 0 Å². The van der Waals surface area contributed by atoms with Crippen LogP contribution in [-0.2, 0) is 16.1 Å². The monoisotopic (exact) mass is 583 g/mol. The summed E-state index contributed by atoms with van der Waals surface area (Å²) in [6, 6.07) is 10.2. The lowest BCUT2D eigenvalue weighted by atomic mass is 9.84. The molecular formula is C32H47N4O6+. The Morgan fingerprint density at radius 2 is 1.81 bits per heavy atom. The number of likely N-dealkylation sites (tertiary alicyclic amines) is 1. The van der Waals surface area contributed by atoms with Crippen molar-refractivity contribution >= 4 is 11.9 Å². The number of amides is 1. The van der Waals surface area contributed by atoms with E-state index in [1.165, 1.54) is 6.07 Å². The second-order valence-electron chi connectivity index (χ2n) is 12.6. The Kier molecular flexibility index (Phi) is 10.7. The van der Waals surface area contributed by atoms with Crippen molar-refractivity contribution in [1.29, 1.82) is 0 Å². The van der Waals surface area contributed by atoms with Gasteiger partial charge in [0.15, 0.2) is 11.5 Å². The van der Waals surface area contributed by atoms with E-state index in [2.05, 4.69) is 28.1 Å². The molecule has 1 N–H and O–H groups in total. The van der Waals surface area contributed by atoms with Gasteiger partial charge in [0.25, 0.3) is 0 Å². The maximum Gasteiger partial charge on any atom is 0.308 e. The number of ether oxygens (including phenoxy) is 2. The van der Waals surface area contributed by atoms with Crippen molar-refractivity contribution in [2.24, 2.45) is 5.92 Å². The van der Waals surface area contributed by atoms with Crippen molar-refractivity contribution in [3.05, 3.63) is 58.5 Å². The first-order chi connectivity index (χ1) is 20.1. The summed E-state index contributed by atoms with van der Waals surface area (Å²) in [4.78, 5) is 43.0. The van der Waals surface area contributed by atoms with E-state index in [1.54, 1.807) is 22.9 Å². The Balaban J connectivity index is 1.56. The zero-order valence-electron chi connectivity index (χ0n) is 25.5. The van der Waals surface area contributed by atoms with Gasteiger partial charge in [0.1, 0.15) is 0 Å². The van der Waals surface area contributed by atoms with Crippen LogP contribution in [0.25, 0.3) is 0 Å². The van der Waals surface area contributed by atoms with E-state index in [0.717, 1.165) is 42.3 Å². The summed E-state index contributed by atoms with van der Waals surface area (Å²) < 4.78 is 13.5. The van der Waals surface area contributed by atoms with Gasteiger partial charge in [-0.1, -0.05) is 25.5 Å². The molecule has 1 aromatic heterocycles. The molecule has 4 rings (SSSR count). The number of carboxylic acids is 1. The molecule has 3 atom stereocenters. The van der Waals surface area contributed by atoms with Gasteiger partial charge in [0, 0.05) is 50.4 Å². The maximum absolute atomic E-state index is 13.8. The van der Waals surface area contributed by atoms with E-state index in [1.807, 2.05) is 28.0 Å². The Morgan fingerprint density at radius 1 is 1.05 bits per heavy atom. The molecule has 10 heteroatoms. The van der Waals surface area contributed by atoms with Gasteiger partial charge in [-0.2, -0.15) is 0 Å². The average Bonchev–Trinajstić information content (AvgIpc) is 3.55. The standard InChI is InChI=1S/C32H46N4O6/c1-5-6-15-33(17-9-10-19-36(2,3)4)30(38)22-35-21-25(24-12-13-27-28(20-24)42-23-41-27)31(32(39)40)26(35)14-18-34-16-8-7-11-29(34)37/h7-8,11-13,16,20,25-26,31H,5-6,9-10,14-15,17-19,21-23H2,1-4H3/p+1/t25-,26+,31-/m1/s1. The molecule has 230 valence electrons. The fraction of sp³-hybridized carbons (Fsp3) is 0.594. The lowest BCUT2D eigenvalue weighted by Crippen LogP contribution is -2.45. The number of rotatable bonds is 15. The zero-order chi connectivity index (χ0) is 30.3. The quantitative estimate of drug-likeness (QED) is 0.254. The second kappa shape index (κ2) is 14.2. The van der Waals surface area contributed by atoms with Crippen LogP contribution in [0.4, 0.5) is 0 Å². The van der Waals surface area contributed by atoms with Gasteiger partial charge in [0.05, 0.1) is 40.2 Å². The molecule has 0 aliphatic carbocycles. The normalized spacial score (nSPS) is 20.1. The third kappa shape index (κ3) is 8.13. The summed E-state index contributed by atoms with van der Waals surface area (Å²) in [7, 11) is 6.52. The van der Waals surface area contributed by atoms with E-state index in [0.29, 0.717) is 44.1 Å². The number of carbonyl (C=O) groups is 2. The summed E-state index contributed by atoms with van der Waals surface area (Å²) in [5.41, 5.74) is 0.726. The number of carbonyl (C=O) groups excluding carboxylic acids is 1. The van der Waals surface area contributed by atoms with Crippen LogP contribution in [0.3, 0.4) is 0 Å².